The molecule has 0 spiro atoms. The van der Waals surface area contributed by atoms with Crippen LogP contribution in [0.25, 0.3) is 21.9 Å². The second-order valence-electron chi connectivity index (χ2n) is 7.19. The van der Waals surface area contributed by atoms with Crippen molar-refractivity contribution in [1.82, 2.24) is 0 Å². The van der Waals surface area contributed by atoms with E-state index in [1.807, 2.05) is 0 Å². The molecule has 0 unspecified atom stereocenters. The first-order chi connectivity index (χ1) is 15.3. The third-order valence-electron chi connectivity index (χ3n) is 4.92. The molecule has 2 heterocycles. The zero-order valence-corrected chi connectivity index (χ0v) is 18.2. The van der Waals surface area contributed by atoms with E-state index in [-0.39, 0.29) is 42.5 Å². The molecular weight excluding hydrogens is 436 g/mol. The van der Waals surface area contributed by atoms with Crippen molar-refractivity contribution in [2.75, 3.05) is 6.61 Å². The molecule has 0 bridgehead atoms. The molecule has 0 aliphatic carbocycles. The van der Waals surface area contributed by atoms with Crippen molar-refractivity contribution in [3.05, 3.63) is 74.8 Å². The average molecular weight is 455 g/mol. The molecule has 0 amide bonds. The third-order valence-corrected chi connectivity index (χ3v) is 5.15. The Kier molecular flexibility index (Phi) is 6.01. The molecule has 0 aliphatic heterocycles. The van der Waals surface area contributed by atoms with Gasteiger partial charge in [0.15, 0.2) is 0 Å². The molecule has 0 fully saturated rings. The topological polar surface area (TPSA) is 96.0 Å². The lowest BCUT2D eigenvalue weighted by molar-refractivity contribution is -0.143. The van der Waals surface area contributed by atoms with Crippen LogP contribution in [0.2, 0.25) is 5.02 Å². The third kappa shape index (κ3) is 4.53. The van der Waals surface area contributed by atoms with E-state index in [1.54, 1.807) is 38.1 Å². The normalized spacial score (nSPS) is 11.1. The molecule has 2 aromatic heterocycles. The van der Waals surface area contributed by atoms with Gasteiger partial charge in [0.25, 0.3) is 0 Å². The molecule has 0 aliphatic rings. The molecule has 4 aromatic rings. The van der Waals surface area contributed by atoms with Gasteiger partial charge in [0.2, 0.25) is 5.76 Å². The van der Waals surface area contributed by atoms with Crippen LogP contribution in [0.15, 0.2) is 56.1 Å². The molecule has 0 saturated heterocycles. The molecule has 164 valence electrons. The van der Waals surface area contributed by atoms with E-state index in [9.17, 15) is 14.4 Å². The minimum absolute atomic E-state index is 0.00981. The average Bonchev–Trinajstić information content (AvgIpc) is 3.16. The van der Waals surface area contributed by atoms with Crippen molar-refractivity contribution in [2.45, 2.75) is 26.7 Å². The van der Waals surface area contributed by atoms with Gasteiger partial charge in [-0.1, -0.05) is 11.6 Å². The van der Waals surface area contributed by atoms with Gasteiger partial charge in [-0.15, -0.1) is 0 Å². The van der Waals surface area contributed by atoms with E-state index in [2.05, 4.69) is 0 Å². The van der Waals surface area contributed by atoms with Crippen LogP contribution in [0.5, 0.6) is 5.75 Å². The van der Waals surface area contributed by atoms with Gasteiger partial charge in [-0.3, -0.25) is 4.79 Å². The lowest BCUT2D eigenvalue weighted by Gasteiger charge is -2.11. The molecule has 0 N–H and O–H groups in total. The summed E-state index contributed by atoms with van der Waals surface area (Å²) in [5, 5.41) is 1.85. The zero-order valence-electron chi connectivity index (χ0n) is 17.4. The molecular formula is C24H19ClO7. The number of halogens is 1. The van der Waals surface area contributed by atoms with E-state index < -0.39 is 11.6 Å². The quantitative estimate of drug-likeness (QED) is 0.224. The number of carbonyl (C=O) groups is 2. The summed E-state index contributed by atoms with van der Waals surface area (Å²) in [4.78, 5) is 36.5. The second kappa shape index (κ2) is 8.88. The summed E-state index contributed by atoms with van der Waals surface area (Å²) in [5.74, 6) is -0.942. The van der Waals surface area contributed by atoms with E-state index in [1.165, 1.54) is 18.2 Å². The minimum atomic E-state index is -0.732. The molecule has 2 aromatic carbocycles. The van der Waals surface area contributed by atoms with E-state index in [4.69, 9.17) is 29.9 Å². The van der Waals surface area contributed by atoms with Crippen LogP contribution < -0.4 is 10.4 Å². The van der Waals surface area contributed by atoms with E-state index in [0.29, 0.717) is 32.5 Å². The Morgan fingerprint density at radius 2 is 1.84 bits per heavy atom. The number of hydrogen-bond donors (Lipinski definition) is 0. The molecule has 0 saturated carbocycles. The first-order valence-electron chi connectivity index (χ1n) is 9.98. The summed E-state index contributed by atoms with van der Waals surface area (Å²) >= 11 is 5.99. The van der Waals surface area contributed by atoms with Gasteiger partial charge in [0.1, 0.15) is 16.9 Å². The number of fused-ring (bicyclic) bond motifs is 2. The summed E-state index contributed by atoms with van der Waals surface area (Å²) in [6.07, 6.45) is 0.370. The van der Waals surface area contributed by atoms with Crippen molar-refractivity contribution in [3.8, 4) is 5.75 Å². The van der Waals surface area contributed by atoms with Crippen molar-refractivity contribution >= 4 is 45.5 Å². The Hall–Kier alpha value is -3.58. The Morgan fingerprint density at radius 3 is 2.62 bits per heavy atom. The number of benzene rings is 2. The van der Waals surface area contributed by atoms with E-state index in [0.717, 1.165) is 0 Å². The predicted molar refractivity (Wildman–Crippen MR) is 118 cm³/mol. The van der Waals surface area contributed by atoms with Crippen molar-refractivity contribution in [1.29, 1.82) is 0 Å². The summed E-state index contributed by atoms with van der Waals surface area (Å²) in [6, 6.07) is 11.1. The van der Waals surface area contributed by atoms with Crippen LogP contribution in [0.4, 0.5) is 0 Å². The zero-order chi connectivity index (χ0) is 22.8. The monoisotopic (exact) mass is 454 g/mol. The fraction of sp³-hybridized carbons (Fsp3) is 0.208. The molecule has 8 heteroatoms. The highest BCUT2D eigenvalue weighted by molar-refractivity contribution is 6.31. The molecule has 32 heavy (non-hydrogen) atoms. The first-order valence-corrected chi connectivity index (χ1v) is 10.4. The number of carbonyl (C=O) groups excluding carboxylic acids is 2. The van der Waals surface area contributed by atoms with Crippen LogP contribution in [0.1, 0.15) is 35.0 Å². The number of aryl methyl sites for hydroxylation is 2. The summed E-state index contributed by atoms with van der Waals surface area (Å²) in [6.45, 7) is 3.78. The lowest BCUT2D eigenvalue weighted by atomic mass is 10.0. The molecule has 0 atom stereocenters. The van der Waals surface area contributed by atoms with Gasteiger partial charge in [0.05, 0.1) is 6.61 Å². The van der Waals surface area contributed by atoms with Crippen LogP contribution >= 0.6 is 11.6 Å². The fourth-order valence-electron chi connectivity index (χ4n) is 3.42. The van der Waals surface area contributed by atoms with Crippen LogP contribution in [0.3, 0.4) is 0 Å². The molecule has 0 radical (unpaired) electrons. The van der Waals surface area contributed by atoms with Gasteiger partial charge < -0.3 is 18.3 Å². The number of hydrogen-bond acceptors (Lipinski definition) is 7. The number of ether oxygens (including phenoxy) is 2. The summed E-state index contributed by atoms with van der Waals surface area (Å²) in [7, 11) is 0. The van der Waals surface area contributed by atoms with Crippen LogP contribution in [-0.2, 0) is 16.0 Å². The van der Waals surface area contributed by atoms with Crippen molar-refractivity contribution < 1.29 is 27.9 Å². The van der Waals surface area contributed by atoms with Gasteiger partial charge in [-0.05, 0) is 61.7 Å². The van der Waals surface area contributed by atoms with Gasteiger partial charge in [0, 0.05) is 34.3 Å². The van der Waals surface area contributed by atoms with E-state index >= 15 is 0 Å². The number of furan rings is 1. The maximum Gasteiger partial charge on any atom is 0.379 e. The highest BCUT2D eigenvalue weighted by Crippen LogP contribution is 2.30. The Labute approximate surface area is 187 Å². The van der Waals surface area contributed by atoms with Gasteiger partial charge in [-0.2, -0.15) is 0 Å². The van der Waals surface area contributed by atoms with Gasteiger partial charge in [-0.25, -0.2) is 9.59 Å². The Morgan fingerprint density at radius 1 is 1.03 bits per heavy atom. The number of esters is 2. The standard InChI is InChI=1S/C24H19ClO7/c1-3-29-22(26)7-4-14-10-17-13(2)8-23(27)31-20(17)12-19(14)32-24(28)21-11-15-9-16(25)5-6-18(15)30-21/h5-6,8-12H,3-4,7H2,1-2H3. The summed E-state index contributed by atoms with van der Waals surface area (Å²) < 4.78 is 21.4. The Bertz CT molecular complexity index is 1400. The molecule has 4 rings (SSSR count). The fourth-order valence-corrected chi connectivity index (χ4v) is 3.60. The highest BCUT2D eigenvalue weighted by atomic mass is 35.5. The van der Waals surface area contributed by atoms with Crippen LogP contribution in [0, 0.1) is 6.92 Å². The van der Waals surface area contributed by atoms with Crippen molar-refractivity contribution in [2.24, 2.45) is 0 Å². The van der Waals surface area contributed by atoms with Gasteiger partial charge >= 0.3 is 17.6 Å². The largest absolute Gasteiger partial charge is 0.466 e. The molecule has 7 nitrogen and oxygen atoms in total. The summed E-state index contributed by atoms with van der Waals surface area (Å²) in [5.41, 5.74) is 1.55. The second-order valence-corrected chi connectivity index (χ2v) is 7.63. The SMILES string of the molecule is CCOC(=O)CCc1cc2c(C)cc(=O)oc2cc1OC(=O)c1cc2cc(Cl)ccc2o1. The maximum absolute atomic E-state index is 12.8. The highest BCUT2D eigenvalue weighted by Gasteiger charge is 2.19. The minimum Gasteiger partial charge on any atom is -0.466 e. The Balaban J connectivity index is 1.70. The predicted octanol–water partition coefficient (Wildman–Crippen LogP) is 5.22. The van der Waals surface area contributed by atoms with Crippen molar-refractivity contribution in [3.63, 3.8) is 0 Å². The van der Waals surface area contributed by atoms with Crippen LogP contribution in [-0.4, -0.2) is 18.5 Å². The lowest BCUT2D eigenvalue weighted by Crippen LogP contribution is -2.11. The maximum atomic E-state index is 12.8. The smallest absolute Gasteiger partial charge is 0.379 e. The first kappa shape index (κ1) is 21.6. The number of rotatable bonds is 6.